The Morgan fingerprint density at radius 2 is 1.97 bits per heavy atom. The number of nitrogens with zero attached hydrogens (tertiary/aromatic N) is 2. The summed E-state index contributed by atoms with van der Waals surface area (Å²) in [6.45, 7) is 1.48. The molecule has 3 heterocycles. The summed E-state index contributed by atoms with van der Waals surface area (Å²) in [5.74, 6) is 0.326. The average Bonchev–Trinajstić information content (AvgIpc) is 3.27. The Labute approximate surface area is 180 Å². The van der Waals surface area contributed by atoms with Crippen LogP contribution in [0.4, 0.5) is 0 Å². The van der Waals surface area contributed by atoms with Gasteiger partial charge in [-0.3, -0.25) is 9.78 Å². The molecule has 1 N–H and O–H groups in total. The van der Waals surface area contributed by atoms with Crippen molar-refractivity contribution in [1.82, 2.24) is 14.9 Å². The minimum absolute atomic E-state index is 0.0915. The summed E-state index contributed by atoms with van der Waals surface area (Å²) in [6, 6.07) is 21.7. The van der Waals surface area contributed by atoms with Gasteiger partial charge in [-0.2, -0.15) is 0 Å². The number of halogens is 1. The van der Waals surface area contributed by atoms with Gasteiger partial charge in [-0.15, -0.1) is 0 Å². The van der Waals surface area contributed by atoms with Crippen LogP contribution >= 0.6 is 11.6 Å². The molecule has 30 heavy (non-hydrogen) atoms. The van der Waals surface area contributed by atoms with Crippen molar-refractivity contribution in [2.45, 2.75) is 18.8 Å². The van der Waals surface area contributed by atoms with E-state index in [1.165, 1.54) is 0 Å². The van der Waals surface area contributed by atoms with Crippen molar-refractivity contribution in [1.29, 1.82) is 0 Å². The highest BCUT2D eigenvalue weighted by molar-refractivity contribution is 6.30. The molecule has 1 atom stereocenters. The Kier molecular flexibility index (Phi) is 5.01. The van der Waals surface area contributed by atoms with E-state index >= 15 is 0 Å². The zero-order chi connectivity index (χ0) is 20.5. The summed E-state index contributed by atoms with van der Waals surface area (Å²) >= 11 is 6.15. The first-order chi connectivity index (χ1) is 14.7. The second-order valence-electron chi connectivity index (χ2n) is 7.83. The predicted molar refractivity (Wildman–Crippen MR) is 121 cm³/mol. The van der Waals surface area contributed by atoms with Crippen molar-refractivity contribution in [3.05, 3.63) is 89.2 Å². The maximum Gasteiger partial charge on any atom is 0.253 e. The van der Waals surface area contributed by atoms with Crippen molar-refractivity contribution in [3.8, 4) is 11.3 Å². The maximum atomic E-state index is 13.1. The van der Waals surface area contributed by atoms with E-state index in [4.69, 9.17) is 16.6 Å². The lowest BCUT2D eigenvalue weighted by atomic mass is 9.93. The third kappa shape index (κ3) is 3.71. The van der Waals surface area contributed by atoms with Gasteiger partial charge in [0.05, 0.1) is 5.69 Å². The Morgan fingerprint density at radius 1 is 1.07 bits per heavy atom. The highest BCUT2D eigenvalue weighted by atomic mass is 35.5. The van der Waals surface area contributed by atoms with Gasteiger partial charge < -0.3 is 9.88 Å². The van der Waals surface area contributed by atoms with Gasteiger partial charge in [0.15, 0.2) is 0 Å². The lowest BCUT2D eigenvalue weighted by Gasteiger charge is -2.32. The monoisotopic (exact) mass is 415 g/mol. The number of rotatable bonds is 3. The Bertz CT molecular complexity index is 1220. The molecule has 2 aromatic carbocycles. The van der Waals surface area contributed by atoms with Gasteiger partial charge in [-0.05, 0) is 61.4 Å². The van der Waals surface area contributed by atoms with Gasteiger partial charge in [0.1, 0.15) is 0 Å². The van der Waals surface area contributed by atoms with E-state index in [0.29, 0.717) is 11.6 Å². The lowest BCUT2D eigenvalue weighted by molar-refractivity contribution is 0.0706. The summed E-state index contributed by atoms with van der Waals surface area (Å²) in [6.07, 6.45) is 3.91. The molecule has 4 aromatic rings. The largest absolute Gasteiger partial charge is 0.361 e. The summed E-state index contributed by atoms with van der Waals surface area (Å²) in [5.41, 5.74) is 4.74. The summed E-state index contributed by atoms with van der Waals surface area (Å²) in [5, 5.41) is 1.76. The van der Waals surface area contributed by atoms with Gasteiger partial charge in [0, 0.05) is 58.0 Å². The van der Waals surface area contributed by atoms with Crippen LogP contribution in [0.25, 0.3) is 22.2 Å². The molecule has 1 aliphatic heterocycles. The molecule has 0 spiro atoms. The van der Waals surface area contributed by atoms with Gasteiger partial charge in [-0.25, -0.2) is 0 Å². The van der Waals surface area contributed by atoms with Crippen LogP contribution in [0.1, 0.15) is 34.8 Å². The molecule has 0 aliphatic carbocycles. The third-order valence-corrected chi connectivity index (χ3v) is 6.05. The van der Waals surface area contributed by atoms with Crippen LogP contribution in [-0.4, -0.2) is 33.9 Å². The number of amides is 1. The zero-order valence-corrected chi connectivity index (χ0v) is 17.3. The van der Waals surface area contributed by atoms with Gasteiger partial charge in [0.2, 0.25) is 0 Å². The number of benzene rings is 2. The van der Waals surface area contributed by atoms with Crippen LogP contribution in [0.5, 0.6) is 0 Å². The fourth-order valence-electron chi connectivity index (χ4n) is 4.26. The second-order valence-corrected chi connectivity index (χ2v) is 8.26. The fraction of sp³-hybridized carbons (Fsp3) is 0.200. The number of carbonyl (C=O) groups excluding carboxylic acids is 1. The molecule has 150 valence electrons. The number of pyridine rings is 1. The van der Waals surface area contributed by atoms with Crippen LogP contribution < -0.4 is 0 Å². The van der Waals surface area contributed by atoms with Gasteiger partial charge >= 0.3 is 0 Å². The van der Waals surface area contributed by atoms with Crippen LogP contribution in [-0.2, 0) is 0 Å². The van der Waals surface area contributed by atoms with Gasteiger partial charge in [0.25, 0.3) is 5.91 Å². The van der Waals surface area contributed by atoms with E-state index in [1.807, 2.05) is 71.8 Å². The first-order valence-electron chi connectivity index (χ1n) is 10.3. The van der Waals surface area contributed by atoms with E-state index in [2.05, 4.69) is 11.1 Å². The third-order valence-electron chi connectivity index (χ3n) is 5.82. The first kappa shape index (κ1) is 18.9. The number of piperidine rings is 1. The molecule has 5 rings (SSSR count). The van der Waals surface area contributed by atoms with Crippen LogP contribution in [0.3, 0.4) is 0 Å². The molecule has 4 nitrogen and oxygen atoms in total. The predicted octanol–water partition coefficient (Wildman–Crippen LogP) is 5.90. The molecular formula is C25H22ClN3O. The van der Waals surface area contributed by atoms with E-state index in [0.717, 1.165) is 52.8 Å². The van der Waals surface area contributed by atoms with E-state index in [-0.39, 0.29) is 11.8 Å². The zero-order valence-electron chi connectivity index (χ0n) is 16.5. The maximum absolute atomic E-state index is 13.1. The number of H-pyrrole nitrogens is 1. The fourth-order valence-corrected chi connectivity index (χ4v) is 4.45. The Balaban J connectivity index is 1.37. The molecule has 1 amide bonds. The highest BCUT2D eigenvalue weighted by Gasteiger charge is 2.26. The highest BCUT2D eigenvalue weighted by Crippen LogP contribution is 2.29. The quantitative estimate of drug-likeness (QED) is 0.452. The van der Waals surface area contributed by atoms with E-state index in [1.54, 1.807) is 0 Å². The standard InChI is InChI=1S/C25H22ClN3O/c26-21-6-1-4-17(15-21)23-7-2-8-24(28-23)20-5-3-13-29(16-20)25(30)19-9-10-22-18(14-19)11-12-27-22/h1-2,4,6-12,14-15,20,27H,3,5,13,16H2/t20-/m1/s1. The number of hydrogen-bond acceptors (Lipinski definition) is 2. The summed E-state index contributed by atoms with van der Waals surface area (Å²) < 4.78 is 0. The Hall–Kier alpha value is -3.11. The average molecular weight is 416 g/mol. The van der Waals surface area contributed by atoms with Crippen LogP contribution in [0.15, 0.2) is 72.9 Å². The number of likely N-dealkylation sites (tertiary alicyclic amines) is 1. The van der Waals surface area contributed by atoms with Crippen molar-refractivity contribution < 1.29 is 4.79 Å². The first-order valence-corrected chi connectivity index (χ1v) is 10.6. The lowest BCUT2D eigenvalue weighted by Crippen LogP contribution is -2.39. The number of fused-ring (bicyclic) bond motifs is 1. The normalized spacial score (nSPS) is 16.7. The van der Waals surface area contributed by atoms with Crippen molar-refractivity contribution in [3.63, 3.8) is 0 Å². The molecule has 1 saturated heterocycles. The number of aromatic amines is 1. The molecule has 1 aliphatic rings. The molecule has 0 saturated carbocycles. The molecule has 2 aromatic heterocycles. The van der Waals surface area contributed by atoms with Crippen molar-refractivity contribution in [2.75, 3.05) is 13.1 Å². The topological polar surface area (TPSA) is 49.0 Å². The number of aromatic nitrogens is 2. The van der Waals surface area contributed by atoms with Gasteiger partial charge in [-0.1, -0.05) is 29.8 Å². The van der Waals surface area contributed by atoms with Crippen LogP contribution in [0, 0.1) is 0 Å². The molecule has 0 bridgehead atoms. The molecule has 5 heteroatoms. The summed E-state index contributed by atoms with van der Waals surface area (Å²) in [4.78, 5) is 23.2. The molecule has 0 radical (unpaired) electrons. The number of hydrogen-bond donors (Lipinski definition) is 1. The number of carbonyl (C=O) groups is 1. The second kappa shape index (κ2) is 7.96. The molecule has 1 fully saturated rings. The minimum Gasteiger partial charge on any atom is -0.361 e. The van der Waals surface area contributed by atoms with Crippen molar-refractivity contribution in [2.24, 2.45) is 0 Å². The summed E-state index contributed by atoms with van der Waals surface area (Å²) in [7, 11) is 0. The smallest absolute Gasteiger partial charge is 0.253 e. The SMILES string of the molecule is O=C(c1ccc2[nH]ccc2c1)N1CCC[C@@H](c2cccc(-c3cccc(Cl)c3)n2)C1. The molecule has 0 unspecified atom stereocenters. The minimum atomic E-state index is 0.0915. The van der Waals surface area contributed by atoms with E-state index < -0.39 is 0 Å². The number of nitrogens with one attached hydrogen (secondary N) is 1. The van der Waals surface area contributed by atoms with Crippen LogP contribution in [0.2, 0.25) is 5.02 Å². The Morgan fingerprint density at radius 3 is 2.87 bits per heavy atom. The van der Waals surface area contributed by atoms with Crippen molar-refractivity contribution >= 4 is 28.4 Å². The van der Waals surface area contributed by atoms with E-state index in [9.17, 15) is 4.79 Å². The molecular weight excluding hydrogens is 394 g/mol.